The van der Waals surface area contributed by atoms with E-state index < -0.39 is 18.3 Å². The lowest BCUT2D eigenvalue weighted by atomic mass is 9.64. The van der Waals surface area contributed by atoms with Gasteiger partial charge in [0.2, 0.25) is 11.8 Å². The molecule has 5 rings (SSSR count). The van der Waals surface area contributed by atoms with E-state index in [0.29, 0.717) is 30.7 Å². The standard InChI is InChI=1S/C31H57FN8O2/c1-20-4-3-7-31(14-20)15-23(32)18-37-24(16-31)26(28(33)34)29(41)38-25-19-36-17-21(2)27(25)39-10-5-22(6-11-39)30(42)40-12-8-35-9-13-40/h20-28,35-37H,3-19,33-34H2,1-2H3,(H,38,41). The Bertz CT molecular complexity index is 911. The van der Waals surface area contributed by atoms with Crippen molar-refractivity contribution in [3.63, 3.8) is 0 Å². The Labute approximate surface area is 252 Å². The lowest BCUT2D eigenvalue weighted by Gasteiger charge is -2.47. The molecule has 4 aliphatic heterocycles. The van der Waals surface area contributed by atoms with Crippen LogP contribution in [0.3, 0.4) is 0 Å². The van der Waals surface area contributed by atoms with Crippen molar-refractivity contribution < 1.29 is 14.0 Å². The molecule has 1 aliphatic carbocycles. The first kappa shape index (κ1) is 32.0. The molecule has 0 aromatic carbocycles. The Morgan fingerprint density at radius 1 is 0.952 bits per heavy atom. The quantitative estimate of drug-likeness (QED) is 0.243. The van der Waals surface area contributed by atoms with Crippen LogP contribution in [0.25, 0.3) is 0 Å². The number of piperazine rings is 1. The lowest BCUT2D eigenvalue weighted by molar-refractivity contribution is -0.138. The molecular weight excluding hydrogens is 535 g/mol. The lowest BCUT2D eigenvalue weighted by Crippen LogP contribution is -2.66. The molecule has 10 nitrogen and oxygen atoms in total. The van der Waals surface area contributed by atoms with Crippen molar-refractivity contribution in [1.29, 1.82) is 0 Å². The number of rotatable bonds is 6. The predicted molar refractivity (Wildman–Crippen MR) is 163 cm³/mol. The second-order valence-corrected chi connectivity index (χ2v) is 14.5. The van der Waals surface area contributed by atoms with Gasteiger partial charge in [-0.05, 0) is 75.4 Å². The van der Waals surface area contributed by atoms with E-state index in [0.717, 1.165) is 84.3 Å². The number of likely N-dealkylation sites (tertiary alicyclic amines) is 1. The highest BCUT2D eigenvalue weighted by atomic mass is 19.1. The van der Waals surface area contributed by atoms with Crippen LogP contribution in [-0.4, -0.2) is 111 Å². The van der Waals surface area contributed by atoms with Crippen LogP contribution in [-0.2, 0) is 9.59 Å². The van der Waals surface area contributed by atoms with E-state index in [-0.39, 0.29) is 41.9 Å². The minimum atomic E-state index is -0.924. The van der Waals surface area contributed by atoms with Gasteiger partial charge < -0.3 is 37.6 Å². The molecule has 8 N–H and O–H groups in total. The number of nitrogens with one attached hydrogen (secondary N) is 4. The fourth-order valence-electron chi connectivity index (χ4n) is 9.18. The molecule has 0 aromatic heterocycles. The fraction of sp³-hybridized carbons (Fsp3) is 0.935. The molecule has 5 fully saturated rings. The number of amides is 2. The summed E-state index contributed by atoms with van der Waals surface area (Å²) in [5, 5.41) is 13.6. The van der Waals surface area contributed by atoms with Crippen LogP contribution in [0.1, 0.15) is 65.2 Å². The van der Waals surface area contributed by atoms with Gasteiger partial charge in [-0.2, -0.15) is 0 Å². The van der Waals surface area contributed by atoms with E-state index in [2.05, 4.69) is 40.0 Å². The molecule has 42 heavy (non-hydrogen) atoms. The molecule has 1 saturated carbocycles. The summed E-state index contributed by atoms with van der Waals surface area (Å²) in [5.41, 5.74) is 12.6. The van der Waals surface area contributed by atoms with E-state index in [9.17, 15) is 9.59 Å². The minimum absolute atomic E-state index is 0.0829. The van der Waals surface area contributed by atoms with E-state index in [4.69, 9.17) is 11.5 Å². The molecule has 0 bridgehead atoms. The zero-order chi connectivity index (χ0) is 29.9. The SMILES string of the molecule is CC1CCCC2(C1)CC(F)CNC(C(C(=O)NC1CNCC(C)C1N1CCC(C(=O)N3CCNCC3)CC1)C(N)N)C2. The zero-order valence-corrected chi connectivity index (χ0v) is 26.0. The van der Waals surface area contributed by atoms with Crippen molar-refractivity contribution in [2.45, 2.75) is 95.7 Å². The first-order valence-corrected chi connectivity index (χ1v) is 16.8. The molecule has 8 atom stereocenters. The van der Waals surface area contributed by atoms with Gasteiger partial charge in [-0.3, -0.25) is 14.5 Å². The number of carbonyl (C=O) groups is 2. The van der Waals surface area contributed by atoms with Gasteiger partial charge in [-0.15, -0.1) is 0 Å². The van der Waals surface area contributed by atoms with Gasteiger partial charge >= 0.3 is 0 Å². The maximum atomic E-state index is 15.0. The van der Waals surface area contributed by atoms with Crippen LogP contribution < -0.4 is 32.7 Å². The highest BCUT2D eigenvalue weighted by Crippen LogP contribution is 2.48. The van der Waals surface area contributed by atoms with Crippen LogP contribution >= 0.6 is 0 Å². The third-order valence-corrected chi connectivity index (χ3v) is 11.1. The van der Waals surface area contributed by atoms with Crippen LogP contribution in [0.15, 0.2) is 0 Å². The summed E-state index contributed by atoms with van der Waals surface area (Å²) in [5.74, 6) is 0.522. The first-order valence-electron chi connectivity index (χ1n) is 16.8. The largest absolute Gasteiger partial charge is 0.350 e. The van der Waals surface area contributed by atoms with Crippen molar-refractivity contribution in [3.05, 3.63) is 0 Å². The average Bonchev–Trinajstić information content (AvgIpc) is 3.11. The molecule has 4 saturated heterocycles. The number of hydrogen-bond donors (Lipinski definition) is 6. The number of nitrogens with zero attached hydrogens (tertiary/aromatic N) is 2. The van der Waals surface area contributed by atoms with Gasteiger partial charge in [0.1, 0.15) is 6.17 Å². The predicted octanol–water partition coefficient (Wildman–Crippen LogP) is 0.369. The van der Waals surface area contributed by atoms with Crippen molar-refractivity contribution in [1.82, 2.24) is 31.1 Å². The number of piperidine rings is 2. The summed E-state index contributed by atoms with van der Waals surface area (Å²) in [6.07, 6.45) is 5.53. The molecule has 11 heteroatoms. The van der Waals surface area contributed by atoms with Gasteiger partial charge in [-0.1, -0.05) is 26.7 Å². The number of hydrogen-bond acceptors (Lipinski definition) is 8. The van der Waals surface area contributed by atoms with E-state index in [1.54, 1.807) is 0 Å². The van der Waals surface area contributed by atoms with Crippen LogP contribution in [0, 0.1) is 29.1 Å². The summed E-state index contributed by atoms with van der Waals surface area (Å²) in [6, 6.07) is -0.176. The first-order chi connectivity index (χ1) is 20.2. The Kier molecular flexibility index (Phi) is 10.8. The molecule has 0 aromatic rings. The molecule has 1 spiro atoms. The van der Waals surface area contributed by atoms with Gasteiger partial charge in [0, 0.05) is 57.3 Å². The van der Waals surface area contributed by atoms with Crippen LogP contribution in [0.4, 0.5) is 4.39 Å². The van der Waals surface area contributed by atoms with Crippen molar-refractivity contribution >= 4 is 11.8 Å². The van der Waals surface area contributed by atoms with Crippen molar-refractivity contribution in [3.8, 4) is 0 Å². The third-order valence-electron chi connectivity index (χ3n) is 11.1. The highest BCUT2D eigenvalue weighted by Gasteiger charge is 2.46. The van der Waals surface area contributed by atoms with Crippen LogP contribution in [0.5, 0.6) is 0 Å². The molecule has 0 radical (unpaired) electrons. The fourth-order valence-corrected chi connectivity index (χ4v) is 9.18. The maximum absolute atomic E-state index is 15.0. The average molecular weight is 593 g/mol. The van der Waals surface area contributed by atoms with E-state index in [1.807, 2.05) is 4.90 Å². The second-order valence-electron chi connectivity index (χ2n) is 14.5. The summed E-state index contributed by atoms with van der Waals surface area (Å²) in [4.78, 5) is 31.7. The summed E-state index contributed by atoms with van der Waals surface area (Å²) >= 11 is 0. The number of carbonyl (C=O) groups excluding carboxylic acids is 2. The highest BCUT2D eigenvalue weighted by molar-refractivity contribution is 5.80. The molecule has 5 aliphatic rings. The molecular formula is C31H57FN8O2. The Balaban J connectivity index is 1.24. The maximum Gasteiger partial charge on any atom is 0.227 e. The van der Waals surface area contributed by atoms with Gasteiger partial charge in [-0.25, -0.2) is 4.39 Å². The zero-order valence-electron chi connectivity index (χ0n) is 26.0. The molecule has 2 amide bonds. The minimum Gasteiger partial charge on any atom is -0.350 e. The van der Waals surface area contributed by atoms with Gasteiger partial charge in [0.25, 0.3) is 0 Å². The van der Waals surface area contributed by atoms with Gasteiger partial charge in [0.05, 0.1) is 18.1 Å². The van der Waals surface area contributed by atoms with Crippen molar-refractivity contribution in [2.75, 3.05) is 58.9 Å². The monoisotopic (exact) mass is 592 g/mol. The third kappa shape index (κ3) is 7.46. The normalized spacial score (nSPS) is 38.3. The summed E-state index contributed by atoms with van der Waals surface area (Å²) in [6.45, 7) is 11.4. The second kappa shape index (κ2) is 14.2. The Morgan fingerprint density at radius 2 is 1.69 bits per heavy atom. The smallest absolute Gasteiger partial charge is 0.227 e. The Morgan fingerprint density at radius 3 is 2.38 bits per heavy atom. The summed E-state index contributed by atoms with van der Waals surface area (Å²) < 4.78 is 15.0. The van der Waals surface area contributed by atoms with E-state index in [1.165, 1.54) is 6.42 Å². The molecule has 8 unspecified atom stereocenters. The summed E-state index contributed by atoms with van der Waals surface area (Å²) in [7, 11) is 0. The van der Waals surface area contributed by atoms with Gasteiger partial charge in [0.15, 0.2) is 0 Å². The molecule has 4 heterocycles. The number of halogens is 1. The Hall–Kier alpha value is -1.37. The van der Waals surface area contributed by atoms with Crippen LogP contribution in [0.2, 0.25) is 0 Å². The number of alkyl halides is 1. The molecule has 240 valence electrons. The topological polar surface area (TPSA) is 141 Å². The van der Waals surface area contributed by atoms with Crippen molar-refractivity contribution in [2.24, 2.45) is 40.6 Å². The number of nitrogens with two attached hydrogens (primary N) is 2. The van der Waals surface area contributed by atoms with E-state index >= 15 is 4.39 Å².